The Bertz CT molecular complexity index is 431. The lowest BCUT2D eigenvalue weighted by Crippen LogP contribution is -2.11. The smallest absolute Gasteiger partial charge is 0.174 e. The molecule has 1 aromatic rings. The molecule has 1 rings (SSSR count). The van der Waals surface area contributed by atoms with Gasteiger partial charge in [-0.25, -0.2) is 13.2 Å². The molecule has 0 bridgehead atoms. The molecule has 0 heterocycles. The molecule has 2 nitrogen and oxygen atoms in total. The Labute approximate surface area is 105 Å². The van der Waals surface area contributed by atoms with E-state index in [9.17, 15) is 13.2 Å². The molecule has 0 spiro atoms. The lowest BCUT2D eigenvalue weighted by atomic mass is 10.1. The summed E-state index contributed by atoms with van der Waals surface area (Å²) >= 11 is 0. The Balaban J connectivity index is 3.23. The summed E-state index contributed by atoms with van der Waals surface area (Å²) < 4.78 is 51.1. The molecular weight excluding hydrogens is 245 g/mol. The molecule has 0 saturated heterocycles. The van der Waals surface area contributed by atoms with E-state index in [1.807, 2.05) is 0 Å². The predicted molar refractivity (Wildman–Crippen MR) is 61.9 cm³/mol. The van der Waals surface area contributed by atoms with Crippen LogP contribution in [0.3, 0.4) is 0 Å². The van der Waals surface area contributed by atoms with Crippen LogP contribution in [0, 0.1) is 24.4 Å². The fraction of sp³-hybridized carbons (Fsp3) is 0.462. The van der Waals surface area contributed by atoms with E-state index in [0.29, 0.717) is 0 Å². The Kier molecular flexibility index (Phi) is 5.02. The highest BCUT2D eigenvalue weighted by atomic mass is 19.2. The lowest BCUT2D eigenvalue weighted by molar-refractivity contribution is 0.0611. The number of hydrogen-bond donors (Lipinski definition) is 0. The third-order valence-electron chi connectivity index (χ3n) is 2.31. The molecule has 0 unspecified atom stereocenters. The van der Waals surface area contributed by atoms with Crippen molar-refractivity contribution in [2.75, 3.05) is 6.61 Å². The largest absolute Gasteiger partial charge is 0.490 e. The van der Waals surface area contributed by atoms with Gasteiger partial charge in [0, 0.05) is 5.56 Å². The van der Waals surface area contributed by atoms with Crippen LogP contribution < -0.4 is 4.74 Å². The van der Waals surface area contributed by atoms with E-state index in [1.54, 1.807) is 20.8 Å². The number of hydrogen-bond acceptors (Lipinski definition) is 2. The Hall–Kier alpha value is -1.23. The van der Waals surface area contributed by atoms with Crippen molar-refractivity contribution in [2.24, 2.45) is 0 Å². The van der Waals surface area contributed by atoms with Crippen LogP contribution >= 0.6 is 0 Å². The maximum Gasteiger partial charge on any atom is 0.174 e. The van der Waals surface area contributed by atoms with Gasteiger partial charge in [-0.2, -0.15) is 0 Å². The highest BCUT2D eigenvalue weighted by Crippen LogP contribution is 2.31. The van der Waals surface area contributed by atoms with Gasteiger partial charge in [0.1, 0.15) is 0 Å². The standard InChI is InChI=1S/C13H16F3O2/c1-5-17-13-8(4)10(14)11(15)9(12(13)16)6-18-7(2)3/h7H,4-6H2,1-3H3. The molecular formula is C13H16F3O2. The van der Waals surface area contributed by atoms with Crippen molar-refractivity contribution in [1.29, 1.82) is 0 Å². The van der Waals surface area contributed by atoms with Crippen molar-refractivity contribution in [2.45, 2.75) is 33.5 Å². The van der Waals surface area contributed by atoms with Crippen LogP contribution in [0.25, 0.3) is 0 Å². The molecule has 0 aliphatic carbocycles. The first-order chi connectivity index (χ1) is 8.40. The normalized spacial score (nSPS) is 11.1. The summed E-state index contributed by atoms with van der Waals surface area (Å²) in [5.74, 6) is -3.80. The highest BCUT2D eigenvalue weighted by molar-refractivity contribution is 5.43. The van der Waals surface area contributed by atoms with Gasteiger partial charge in [-0.1, -0.05) is 0 Å². The monoisotopic (exact) mass is 261 g/mol. The van der Waals surface area contributed by atoms with E-state index in [1.165, 1.54) is 0 Å². The molecule has 1 radical (unpaired) electrons. The zero-order valence-electron chi connectivity index (χ0n) is 10.6. The fourth-order valence-corrected chi connectivity index (χ4v) is 1.40. The van der Waals surface area contributed by atoms with Gasteiger partial charge in [-0.15, -0.1) is 0 Å². The van der Waals surface area contributed by atoms with Crippen LogP contribution in [0.1, 0.15) is 31.9 Å². The fourth-order valence-electron chi connectivity index (χ4n) is 1.40. The van der Waals surface area contributed by atoms with Gasteiger partial charge in [-0.05, 0) is 27.7 Å². The first-order valence-corrected chi connectivity index (χ1v) is 5.65. The molecule has 0 fully saturated rings. The predicted octanol–water partition coefficient (Wildman–Crippen LogP) is 3.61. The second-order valence-corrected chi connectivity index (χ2v) is 4.02. The minimum atomic E-state index is -1.28. The minimum Gasteiger partial charge on any atom is -0.490 e. The quantitative estimate of drug-likeness (QED) is 0.754. The average Bonchev–Trinajstić information content (AvgIpc) is 2.31. The van der Waals surface area contributed by atoms with Crippen molar-refractivity contribution in [3.05, 3.63) is 35.5 Å². The van der Waals surface area contributed by atoms with Crippen LogP contribution in [-0.2, 0) is 11.3 Å². The molecule has 1 aromatic carbocycles. The minimum absolute atomic E-state index is 0.134. The van der Waals surface area contributed by atoms with E-state index in [-0.39, 0.29) is 25.1 Å². The summed E-state index contributed by atoms with van der Waals surface area (Å²) in [6, 6.07) is 0. The van der Waals surface area contributed by atoms with Gasteiger partial charge in [0.05, 0.1) is 24.9 Å². The lowest BCUT2D eigenvalue weighted by Gasteiger charge is -2.15. The summed E-state index contributed by atoms with van der Waals surface area (Å²) in [5, 5.41) is 0. The van der Waals surface area contributed by atoms with E-state index >= 15 is 0 Å². The van der Waals surface area contributed by atoms with Crippen LogP contribution in [0.4, 0.5) is 13.2 Å². The van der Waals surface area contributed by atoms with Crippen molar-refractivity contribution >= 4 is 0 Å². The number of rotatable bonds is 5. The maximum atomic E-state index is 14.0. The second kappa shape index (κ2) is 6.09. The van der Waals surface area contributed by atoms with Gasteiger partial charge in [0.25, 0.3) is 0 Å². The highest BCUT2D eigenvalue weighted by Gasteiger charge is 2.24. The number of ether oxygens (including phenoxy) is 2. The zero-order chi connectivity index (χ0) is 13.9. The summed E-state index contributed by atoms with van der Waals surface area (Å²) in [7, 11) is 0. The summed E-state index contributed by atoms with van der Waals surface area (Å²) in [5.41, 5.74) is -0.891. The van der Waals surface area contributed by atoms with Gasteiger partial charge in [0.15, 0.2) is 23.2 Å². The molecule has 0 aromatic heterocycles. The van der Waals surface area contributed by atoms with Crippen molar-refractivity contribution in [3.63, 3.8) is 0 Å². The number of benzene rings is 1. The van der Waals surface area contributed by atoms with E-state index in [4.69, 9.17) is 9.47 Å². The SMILES string of the molecule is [CH2]c1c(F)c(F)c(COC(C)C)c(F)c1OCC. The van der Waals surface area contributed by atoms with Crippen LogP contribution in [0.5, 0.6) is 5.75 Å². The Morgan fingerprint density at radius 2 is 1.72 bits per heavy atom. The number of halogens is 3. The maximum absolute atomic E-state index is 14.0. The first-order valence-electron chi connectivity index (χ1n) is 5.65. The Morgan fingerprint density at radius 3 is 2.22 bits per heavy atom. The van der Waals surface area contributed by atoms with Gasteiger partial charge in [0.2, 0.25) is 0 Å². The molecule has 5 heteroatoms. The summed E-state index contributed by atoms with van der Waals surface area (Å²) in [6.07, 6.45) is -0.221. The van der Waals surface area contributed by atoms with E-state index in [0.717, 1.165) is 0 Å². The van der Waals surface area contributed by atoms with Gasteiger partial charge >= 0.3 is 0 Å². The van der Waals surface area contributed by atoms with Gasteiger partial charge < -0.3 is 9.47 Å². The summed E-state index contributed by atoms with van der Waals surface area (Å²) in [6.45, 7) is 8.10. The molecule has 0 N–H and O–H groups in total. The average molecular weight is 261 g/mol. The molecule has 0 aliphatic rings. The molecule has 0 amide bonds. The molecule has 0 atom stereocenters. The molecule has 101 valence electrons. The van der Waals surface area contributed by atoms with Crippen molar-refractivity contribution in [1.82, 2.24) is 0 Å². The second-order valence-electron chi connectivity index (χ2n) is 4.02. The van der Waals surface area contributed by atoms with E-state index in [2.05, 4.69) is 6.92 Å². The Morgan fingerprint density at radius 1 is 1.11 bits per heavy atom. The van der Waals surface area contributed by atoms with E-state index < -0.39 is 28.6 Å². The van der Waals surface area contributed by atoms with Gasteiger partial charge in [-0.3, -0.25) is 0 Å². The zero-order valence-corrected chi connectivity index (χ0v) is 10.6. The van der Waals surface area contributed by atoms with Crippen LogP contribution in [-0.4, -0.2) is 12.7 Å². The van der Waals surface area contributed by atoms with Crippen molar-refractivity contribution in [3.8, 4) is 5.75 Å². The topological polar surface area (TPSA) is 18.5 Å². The molecule has 0 aliphatic heterocycles. The van der Waals surface area contributed by atoms with Crippen LogP contribution in [0.15, 0.2) is 0 Å². The summed E-state index contributed by atoms with van der Waals surface area (Å²) in [4.78, 5) is 0. The third-order valence-corrected chi connectivity index (χ3v) is 2.31. The molecule has 0 saturated carbocycles. The molecule has 18 heavy (non-hydrogen) atoms. The van der Waals surface area contributed by atoms with Crippen LogP contribution in [0.2, 0.25) is 0 Å². The first kappa shape index (κ1) is 14.8. The van der Waals surface area contributed by atoms with Crippen molar-refractivity contribution < 1.29 is 22.6 Å². The third kappa shape index (κ3) is 2.96.